The molecule has 1 amide bonds. The van der Waals surface area contributed by atoms with E-state index < -0.39 is 0 Å². The fourth-order valence-corrected chi connectivity index (χ4v) is 4.14. The SMILES string of the molecule is C=CCN1C[C@H](c2nc3ccccc3n2Cc2ccc(Cl)cc2Cl)CC1=O. The van der Waals surface area contributed by atoms with E-state index in [2.05, 4.69) is 11.1 Å². The first kappa shape index (κ1) is 18.1. The third-order valence-corrected chi connectivity index (χ3v) is 5.54. The highest BCUT2D eigenvalue weighted by atomic mass is 35.5. The maximum Gasteiger partial charge on any atom is 0.223 e. The maximum absolute atomic E-state index is 12.3. The number of halogens is 2. The molecule has 4 rings (SSSR count). The number of para-hydroxylation sites is 2. The lowest BCUT2D eigenvalue weighted by atomic mass is 10.1. The van der Waals surface area contributed by atoms with E-state index in [9.17, 15) is 4.79 Å². The van der Waals surface area contributed by atoms with Gasteiger partial charge in [-0.1, -0.05) is 47.5 Å². The summed E-state index contributed by atoms with van der Waals surface area (Å²) in [6.45, 7) is 5.55. The van der Waals surface area contributed by atoms with E-state index in [1.54, 1.807) is 12.1 Å². The molecule has 0 spiro atoms. The van der Waals surface area contributed by atoms with Crippen molar-refractivity contribution in [2.45, 2.75) is 18.9 Å². The predicted octanol–water partition coefficient (Wildman–Crippen LogP) is 4.89. The van der Waals surface area contributed by atoms with Gasteiger partial charge in [0, 0.05) is 35.5 Å². The molecule has 2 aromatic carbocycles. The van der Waals surface area contributed by atoms with Crippen molar-refractivity contribution in [3.8, 4) is 0 Å². The van der Waals surface area contributed by atoms with Crippen LogP contribution in [0.2, 0.25) is 10.0 Å². The van der Waals surface area contributed by atoms with Gasteiger partial charge in [0.2, 0.25) is 5.91 Å². The summed E-state index contributed by atoms with van der Waals surface area (Å²) >= 11 is 12.4. The zero-order chi connectivity index (χ0) is 19.0. The quantitative estimate of drug-likeness (QED) is 0.572. The first-order chi connectivity index (χ1) is 13.1. The average molecular weight is 400 g/mol. The Morgan fingerprint density at radius 3 is 2.81 bits per heavy atom. The molecule has 1 atom stereocenters. The Morgan fingerprint density at radius 1 is 1.22 bits per heavy atom. The Labute approximate surface area is 168 Å². The third kappa shape index (κ3) is 3.47. The molecule has 138 valence electrons. The number of likely N-dealkylation sites (tertiary alicyclic amines) is 1. The molecule has 0 unspecified atom stereocenters. The van der Waals surface area contributed by atoms with Gasteiger partial charge in [0.15, 0.2) is 0 Å². The number of fused-ring (bicyclic) bond motifs is 1. The number of aromatic nitrogens is 2. The van der Waals surface area contributed by atoms with Gasteiger partial charge in [0.25, 0.3) is 0 Å². The number of hydrogen-bond acceptors (Lipinski definition) is 2. The Kier molecular flexibility index (Phi) is 4.94. The predicted molar refractivity (Wildman–Crippen MR) is 109 cm³/mol. The number of benzene rings is 2. The molecule has 0 N–H and O–H groups in total. The number of carbonyl (C=O) groups is 1. The molecule has 4 nitrogen and oxygen atoms in total. The molecular formula is C21H19Cl2N3O. The van der Waals surface area contributed by atoms with Gasteiger partial charge in [-0.3, -0.25) is 4.79 Å². The van der Waals surface area contributed by atoms with E-state index in [1.165, 1.54) is 0 Å². The standard InChI is InChI=1S/C21H19Cl2N3O/c1-2-9-25-12-15(10-20(25)27)21-24-18-5-3-4-6-19(18)26(21)13-14-7-8-16(22)11-17(14)23/h2-8,11,15H,1,9-10,12-13H2/t15-/m1/s1. The van der Waals surface area contributed by atoms with Crippen molar-refractivity contribution in [2.24, 2.45) is 0 Å². The van der Waals surface area contributed by atoms with Crippen LogP contribution in [0.5, 0.6) is 0 Å². The van der Waals surface area contributed by atoms with Crippen LogP contribution in [-0.2, 0) is 11.3 Å². The van der Waals surface area contributed by atoms with E-state index in [-0.39, 0.29) is 11.8 Å². The van der Waals surface area contributed by atoms with Gasteiger partial charge in [0.1, 0.15) is 5.82 Å². The summed E-state index contributed by atoms with van der Waals surface area (Å²) in [5.74, 6) is 1.11. The number of nitrogens with zero attached hydrogens (tertiary/aromatic N) is 3. The van der Waals surface area contributed by atoms with Crippen molar-refractivity contribution < 1.29 is 4.79 Å². The van der Waals surface area contributed by atoms with Crippen LogP contribution in [0.3, 0.4) is 0 Å². The summed E-state index contributed by atoms with van der Waals surface area (Å²) in [4.78, 5) is 19.0. The van der Waals surface area contributed by atoms with Gasteiger partial charge < -0.3 is 9.47 Å². The summed E-state index contributed by atoms with van der Waals surface area (Å²) in [6, 6.07) is 13.5. The van der Waals surface area contributed by atoms with Gasteiger partial charge in [-0.15, -0.1) is 6.58 Å². The van der Waals surface area contributed by atoms with Crippen molar-refractivity contribution in [3.63, 3.8) is 0 Å². The molecule has 1 aromatic heterocycles. The number of carbonyl (C=O) groups excluding carboxylic acids is 1. The molecule has 1 aliphatic rings. The van der Waals surface area contributed by atoms with Gasteiger partial charge in [-0.2, -0.15) is 0 Å². The van der Waals surface area contributed by atoms with Gasteiger partial charge in [-0.05, 0) is 29.8 Å². The van der Waals surface area contributed by atoms with Crippen LogP contribution in [0.4, 0.5) is 0 Å². The Hall–Kier alpha value is -2.30. The molecule has 1 saturated heterocycles. The number of hydrogen-bond donors (Lipinski definition) is 0. The molecule has 3 aromatic rings. The largest absolute Gasteiger partial charge is 0.338 e. The minimum Gasteiger partial charge on any atom is -0.338 e. The second-order valence-electron chi connectivity index (χ2n) is 6.77. The highest BCUT2D eigenvalue weighted by molar-refractivity contribution is 6.35. The summed E-state index contributed by atoms with van der Waals surface area (Å²) in [6.07, 6.45) is 2.22. The van der Waals surface area contributed by atoms with Crippen molar-refractivity contribution >= 4 is 40.1 Å². The van der Waals surface area contributed by atoms with Crippen molar-refractivity contribution in [1.29, 1.82) is 0 Å². The minimum atomic E-state index is 0.0518. The number of imidazole rings is 1. The van der Waals surface area contributed by atoms with Gasteiger partial charge in [-0.25, -0.2) is 4.98 Å². The smallest absolute Gasteiger partial charge is 0.223 e. The van der Waals surface area contributed by atoms with Crippen molar-refractivity contribution in [3.05, 3.63) is 76.6 Å². The van der Waals surface area contributed by atoms with E-state index >= 15 is 0 Å². The van der Waals surface area contributed by atoms with E-state index in [0.717, 1.165) is 22.4 Å². The Balaban J connectivity index is 1.76. The van der Waals surface area contributed by atoms with Crippen LogP contribution in [0.15, 0.2) is 55.1 Å². The van der Waals surface area contributed by atoms with E-state index in [1.807, 2.05) is 41.3 Å². The van der Waals surface area contributed by atoms with Gasteiger partial charge in [0.05, 0.1) is 17.6 Å². The molecule has 6 heteroatoms. The molecule has 0 radical (unpaired) electrons. The second-order valence-corrected chi connectivity index (χ2v) is 7.61. The molecular weight excluding hydrogens is 381 g/mol. The first-order valence-corrected chi connectivity index (χ1v) is 9.60. The topological polar surface area (TPSA) is 38.1 Å². The second kappa shape index (κ2) is 7.37. The first-order valence-electron chi connectivity index (χ1n) is 8.84. The summed E-state index contributed by atoms with van der Waals surface area (Å²) in [5, 5.41) is 1.24. The highest BCUT2D eigenvalue weighted by Gasteiger charge is 2.33. The Bertz CT molecular complexity index is 1030. The lowest BCUT2D eigenvalue weighted by molar-refractivity contribution is -0.127. The van der Waals surface area contributed by atoms with Crippen molar-refractivity contribution in [1.82, 2.24) is 14.5 Å². The molecule has 1 fully saturated rings. The normalized spacial score (nSPS) is 17.0. The van der Waals surface area contributed by atoms with Crippen LogP contribution in [0.25, 0.3) is 11.0 Å². The van der Waals surface area contributed by atoms with Crippen LogP contribution in [0.1, 0.15) is 23.7 Å². The molecule has 0 aliphatic carbocycles. The average Bonchev–Trinajstić information content (AvgIpc) is 3.19. The van der Waals surface area contributed by atoms with Crippen LogP contribution in [-0.4, -0.2) is 33.4 Å². The monoisotopic (exact) mass is 399 g/mol. The molecule has 27 heavy (non-hydrogen) atoms. The van der Waals surface area contributed by atoms with Crippen LogP contribution in [0, 0.1) is 0 Å². The molecule has 2 heterocycles. The van der Waals surface area contributed by atoms with Gasteiger partial charge >= 0.3 is 0 Å². The number of rotatable bonds is 5. The van der Waals surface area contributed by atoms with Crippen LogP contribution < -0.4 is 0 Å². The van der Waals surface area contributed by atoms with E-state index in [4.69, 9.17) is 28.2 Å². The van der Waals surface area contributed by atoms with Crippen LogP contribution >= 0.6 is 23.2 Å². The van der Waals surface area contributed by atoms with E-state index in [0.29, 0.717) is 36.1 Å². The maximum atomic E-state index is 12.3. The Morgan fingerprint density at radius 2 is 2.04 bits per heavy atom. The fraction of sp³-hybridized carbons (Fsp3) is 0.238. The summed E-state index contributed by atoms with van der Waals surface area (Å²) in [7, 11) is 0. The lowest BCUT2D eigenvalue weighted by Gasteiger charge is -2.16. The zero-order valence-electron chi connectivity index (χ0n) is 14.7. The van der Waals surface area contributed by atoms with Crippen molar-refractivity contribution in [2.75, 3.05) is 13.1 Å². The minimum absolute atomic E-state index is 0.0518. The highest BCUT2D eigenvalue weighted by Crippen LogP contribution is 2.32. The zero-order valence-corrected chi connectivity index (χ0v) is 16.2. The third-order valence-electron chi connectivity index (χ3n) is 4.96. The molecule has 0 saturated carbocycles. The molecule has 0 bridgehead atoms. The summed E-state index contributed by atoms with van der Waals surface area (Å²) < 4.78 is 2.17. The fourth-order valence-electron chi connectivity index (χ4n) is 3.67. The lowest BCUT2D eigenvalue weighted by Crippen LogP contribution is -2.25. The molecule has 1 aliphatic heterocycles. The summed E-state index contributed by atoms with van der Waals surface area (Å²) in [5.41, 5.74) is 2.93. The number of amides is 1.